The number of aryl methyl sites for hydroxylation is 3. The maximum Gasteiger partial charge on any atom is 0.244 e. The first-order chi connectivity index (χ1) is 14.3. The number of carbonyl (C=O) groups excluding carboxylic acids is 1. The number of ether oxygens (including phenoxy) is 1. The standard InChI is InChI=1S/C24H32N2O4S/c1-15-8-11-20-21(14-24(5,6)30-22(20)12-15)25-23(27)18(4)26(31(7,28)29)19-10-9-16(2)17(3)13-19/h8-13,18,21H,14H2,1-7H3,(H,25,27)/t18-,21+/m1/s1. The van der Waals surface area contributed by atoms with Crippen molar-refractivity contribution in [3.05, 3.63) is 58.7 Å². The quantitative estimate of drug-likeness (QED) is 0.750. The summed E-state index contributed by atoms with van der Waals surface area (Å²) in [6, 6.07) is 10.2. The third-order valence-corrected chi connectivity index (χ3v) is 7.02. The SMILES string of the molecule is Cc1ccc2c(c1)OC(C)(C)C[C@@H]2NC(=O)[C@@H](C)N(c1ccc(C)c(C)c1)S(C)(=O)=O. The third kappa shape index (κ3) is 5.03. The van der Waals surface area contributed by atoms with Crippen LogP contribution in [0.2, 0.25) is 0 Å². The van der Waals surface area contributed by atoms with Crippen LogP contribution >= 0.6 is 0 Å². The molecular weight excluding hydrogens is 412 g/mol. The summed E-state index contributed by atoms with van der Waals surface area (Å²) < 4.78 is 32.6. The minimum atomic E-state index is -3.67. The van der Waals surface area contributed by atoms with Crippen LogP contribution in [0.4, 0.5) is 5.69 Å². The molecule has 168 valence electrons. The summed E-state index contributed by atoms with van der Waals surface area (Å²) in [5.41, 5.74) is 4.04. The Morgan fingerprint density at radius 2 is 1.81 bits per heavy atom. The molecule has 2 atom stereocenters. The van der Waals surface area contributed by atoms with Crippen LogP contribution in [0.15, 0.2) is 36.4 Å². The van der Waals surface area contributed by atoms with Crippen molar-refractivity contribution in [1.29, 1.82) is 0 Å². The molecule has 1 heterocycles. The normalized spacial score (nSPS) is 18.5. The van der Waals surface area contributed by atoms with Gasteiger partial charge < -0.3 is 10.1 Å². The van der Waals surface area contributed by atoms with Crippen LogP contribution < -0.4 is 14.4 Å². The fourth-order valence-electron chi connectivity index (χ4n) is 4.05. The van der Waals surface area contributed by atoms with Gasteiger partial charge in [-0.3, -0.25) is 9.10 Å². The number of fused-ring (bicyclic) bond motifs is 1. The number of carbonyl (C=O) groups is 1. The molecule has 0 fully saturated rings. The van der Waals surface area contributed by atoms with Crippen molar-refractivity contribution < 1.29 is 17.9 Å². The van der Waals surface area contributed by atoms with Crippen LogP contribution in [0.3, 0.4) is 0 Å². The van der Waals surface area contributed by atoms with Crippen LogP contribution in [-0.2, 0) is 14.8 Å². The predicted octanol–water partition coefficient (Wildman–Crippen LogP) is 4.18. The van der Waals surface area contributed by atoms with Crippen molar-refractivity contribution >= 4 is 21.6 Å². The second-order valence-electron chi connectivity index (χ2n) is 9.17. The van der Waals surface area contributed by atoms with Crippen LogP contribution in [-0.4, -0.2) is 32.2 Å². The maximum atomic E-state index is 13.3. The Bertz CT molecular complexity index is 1110. The van der Waals surface area contributed by atoms with Gasteiger partial charge in [-0.2, -0.15) is 0 Å². The first-order valence-electron chi connectivity index (χ1n) is 10.4. The average molecular weight is 445 g/mol. The second-order valence-corrected chi connectivity index (χ2v) is 11.0. The highest BCUT2D eigenvalue weighted by atomic mass is 32.2. The van der Waals surface area contributed by atoms with E-state index >= 15 is 0 Å². The van der Waals surface area contributed by atoms with Crippen molar-refractivity contribution in [2.75, 3.05) is 10.6 Å². The smallest absolute Gasteiger partial charge is 0.244 e. The van der Waals surface area contributed by atoms with E-state index in [1.165, 1.54) is 4.31 Å². The highest BCUT2D eigenvalue weighted by Crippen LogP contribution is 2.40. The second kappa shape index (κ2) is 8.19. The summed E-state index contributed by atoms with van der Waals surface area (Å²) in [4.78, 5) is 13.3. The number of hydrogen-bond donors (Lipinski definition) is 1. The highest BCUT2D eigenvalue weighted by molar-refractivity contribution is 7.92. The fourth-order valence-corrected chi connectivity index (χ4v) is 5.22. The van der Waals surface area contributed by atoms with Crippen molar-refractivity contribution in [3.8, 4) is 5.75 Å². The number of amides is 1. The zero-order chi connectivity index (χ0) is 23.1. The summed E-state index contributed by atoms with van der Waals surface area (Å²) in [5.74, 6) is 0.404. The molecule has 0 saturated heterocycles. The van der Waals surface area contributed by atoms with Crippen molar-refractivity contribution in [1.82, 2.24) is 5.32 Å². The molecule has 7 heteroatoms. The lowest BCUT2D eigenvalue weighted by atomic mass is 9.89. The van der Waals surface area contributed by atoms with Crippen molar-refractivity contribution in [2.24, 2.45) is 0 Å². The van der Waals surface area contributed by atoms with Gasteiger partial charge in [0.05, 0.1) is 18.0 Å². The first kappa shape index (κ1) is 23.1. The third-order valence-electron chi connectivity index (χ3n) is 5.78. The van der Waals surface area contributed by atoms with Crippen LogP contribution in [0, 0.1) is 20.8 Å². The first-order valence-corrected chi connectivity index (χ1v) is 12.3. The molecule has 0 aliphatic carbocycles. The number of hydrogen-bond acceptors (Lipinski definition) is 4. The van der Waals surface area contributed by atoms with Crippen LogP contribution in [0.5, 0.6) is 5.75 Å². The molecule has 6 nitrogen and oxygen atoms in total. The summed E-state index contributed by atoms with van der Waals surface area (Å²) in [6.07, 6.45) is 1.71. The van der Waals surface area contributed by atoms with E-state index in [0.717, 1.165) is 34.3 Å². The van der Waals surface area contributed by atoms with Gasteiger partial charge in [-0.05, 0) is 76.4 Å². The molecule has 1 amide bonds. The number of sulfonamides is 1. The van der Waals surface area contributed by atoms with E-state index in [4.69, 9.17) is 4.74 Å². The van der Waals surface area contributed by atoms with Gasteiger partial charge in [0.2, 0.25) is 15.9 Å². The number of benzene rings is 2. The van der Waals surface area contributed by atoms with Crippen LogP contribution in [0.25, 0.3) is 0 Å². The lowest BCUT2D eigenvalue weighted by Gasteiger charge is -2.39. The van der Waals surface area contributed by atoms with E-state index in [2.05, 4.69) is 5.32 Å². The van der Waals surface area contributed by atoms with Crippen LogP contribution in [0.1, 0.15) is 55.5 Å². The number of nitrogens with zero attached hydrogens (tertiary/aromatic N) is 1. The minimum Gasteiger partial charge on any atom is -0.487 e. The molecule has 0 saturated carbocycles. The van der Waals surface area contributed by atoms with Gasteiger partial charge in [0.1, 0.15) is 17.4 Å². The van der Waals surface area contributed by atoms with Crippen molar-refractivity contribution in [2.45, 2.75) is 65.6 Å². The highest BCUT2D eigenvalue weighted by Gasteiger charge is 2.37. The molecule has 1 aliphatic heterocycles. The molecule has 0 aromatic heterocycles. The molecule has 31 heavy (non-hydrogen) atoms. The van der Waals surface area contributed by atoms with E-state index in [0.29, 0.717) is 12.1 Å². The van der Waals surface area contributed by atoms with Gasteiger partial charge in [0.15, 0.2) is 0 Å². The number of anilines is 1. The Balaban J connectivity index is 1.92. The summed E-state index contributed by atoms with van der Waals surface area (Å²) >= 11 is 0. The summed E-state index contributed by atoms with van der Waals surface area (Å²) in [6.45, 7) is 11.5. The van der Waals surface area contributed by atoms with E-state index in [1.807, 2.05) is 58.9 Å². The fraction of sp³-hybridized carbons (Fsp3) is 0.458. The topological polar surface area (TPSA) is 75.7 Å². The summed E-state index contributed by atoms with van der Waals surface area (Å²) in [7, 11) is -3.67. The van der Waals surface area contributed by atoms with Gasteiger partial charge in [0, 0.05) is 12.0 Å². The lowest BCUT2D eigenvalue weighted by Crippen LogP contribution is -2.50. The molecule has 0 spiro atoms. The number of nitrogens with one attached hydrogen (secondary N) is 1. The molecule has 0 bridgehead atoms. The molecule has 2 aromatic carbocycles. The summed E-state index contributed by atoms with van der Waals surface area (Å²) in [5, 5.41) is 3.07. The minimum absolute atomic E-state index is 0.268. The van der Waals surface area contributed by atoms with Gasteiger partial charge in [0.25, 0.3) is 0 Å². The van der Waals surface area contributed by atoms with Gasteiger partial charge in [-0.25, -0.2) is 8.42 Å². The Morgan fingerprint density at radius 3 is 2.42 bits per heavy atom. The Kier molecular flexibility index (Phi) is 6.11. The zero-order valence-corrected chi connectivity index (χ0v) is 20.1. The molecule has 0 radical (unpaired) electrons. The monoisotopic (exact) mass is 444 g/mol. The molecule has 1 N–H and O–H groups in total. The molecule has 2 aromatic rings. The predicted molar refractivity (Wildman–Crippen MR) is 124 cm³/mol. The molecule has 3 rings (SSSR count). The average Bonchev–Trinajstić information content (AvgIpc) is 2.62. The largest absolute Gasteiger partial charge is 0.487 e. The van der Waals surface area contributed by atoms with E-state index in [9.17, 15) is 13.2 Å². The van der Waals surface area contributed by atoms with Gasteiger partial charge in [-0.1, -0.05) is 18.2 Å². The Hall–Kier alpha value is -2.54. The number of rotatable bonds is 5. The Labute approximate surface area is 185 Å². The molecule has 0 unspecified atom stereocenters. The molecular formula is C24H32N2O4S. The van der Waals surface area contributed by atoms with Crippen molar-refractivity contribution in [3.63, 3.8) is 0 Å². The van der Waals surface area contributed by atoms with E-state index in [-0.39, 0.29) is 11.9 Å². The van der Waals surface area contributed by atoms with Gasteiger partial charge in [-0.15, -0.1) is 0 Å². The van der Waals surface area contributed by atoms with E-state index in [1.54, 1.807) is 19.1 Å². The Morgan fingerprint density at radius 1 is 1.13 bits per heavy atom. The lowest BCUT2D eigenvalue weighted by molar-refractivity contribution is -0.123. The van der Waals surface area contributed by atoms with Gasteiger partial charge >= 0.3 is 0 Å². The maximum absolute atomic E-state index is 13.3. The van der Waals surface area contributed by atoms with E-state index < -0.39 is 21.7 Å². The molecule has 1 aliphatic rings. The zero-order valence-electron chi connectivity index (χ0n) is 19.3.